The molecule has 0 unspecified atom stereocenters. The molecule has 0 bridgehead atoms. The van der Waals surface area contributed by atoms with E-state index in [2.05, 4.69) is 24.2 Å². The van der Waals surface area contributed by atoms with Gasteiger partial charge in [-0.15, -0.1) is 12.1 Å². The number of rotatable bonds is 3. The molecule has 0 saturated carbocycles. The molecule has 1 saturated heterocycles. The smallest absolute Gasteiger partial charge is 0.551 e. The number of carbonyl (C=O) groups is 1. The summed E-state index contributed by atoms with van der Waals surface area (Å²) in [5, 5.41) is 4.51. The Kier molecular flexibility index (Phi) is 8.31. The van der Waals surface area contributed by atoms with Crippen LogP contribution in [0.15, 0.2) is 48.7 Å². The molecule has 1 spiro atoms. The minimum atomic E-state index is -0.450. The number of ether oxygens (including phenoxy) is 2. The molecule has 1 amide bonds. The van der Waals surface area contributed by atoms with Crippen molar-refractivity contribution in [3.05, 3.63) is 72.8 Å². The predicted octanol–water partition coefficient (Wildman–Crippen LogP) is 4.65. The van der Waals surface area contributed by atoms with Gasteiger partial charge in [-0.1, -0.05) is 17.7 Å². The number of amides is 1. The van der Waals surface area contributed by atoms with Gasteiger partial charge in [-0.3, -0.25) is 9.48 Å². The largest absolute Gasteiger partial charge is 2.00 e. The van der Waals surface area contributed by atoms with Gasteiger partial charge in [0.25, 0.3) is 0 Å². The maximum Gasteiger partial charge on any atom is 2.00 e. The van der Waals surface area contributed by atoms with Crippen molar-refractivity contribution in [2.45, 2.75) is 32.3 Å². The maximum atomic E-state index is 13.1. The van der Waals surface area contributed by atoms with Crippen molar-refractivity contribution in [3.8, 4) is 22.8 Å². The van der Waals surface area contributed by atoms with Gasteiger partial charge in [0.15, 0.2) is 5.91 Å². The van der Waals surface area contributed by atoms with E-state index in [1.54, 1.807) is 25.1 Å². The number of hydrogen-bond donors (Lipinski definition) is 0. The van der Waals surface area contributed by atoms with E-state index in [-0.39, 0.29) is 37.0 Å². The fraction of sp³-hybridized carbons (Fsp3) is 0.346. The zero-order valence-corrected chi connectivity index (χ0v) is 23.6. The number of hydrogen-bond acceptors (Lipinski definition) is 4. The summed E-state index contributed by atoms with van der Waals surface area (Å²) in [4.78, 5) is 15.0. The van der Waals surface area contributed by atoms with Crippen LogP contribution in [0.4, 0.5) is 0 Å². The van der Waals surface area contributed by atoms with E-state index in [1.807, 2.05) is 47.9 Å². The van der Waals surface area contributed by atoms with E-state index in [1.165, 1.54) is 0 Å². The van der Waals surface area contributed by atoms with Crippen LogP contribution in [0.3, 0.4) is 0 Å². The molecule has 3 heterocycles. The Hall–Kier alpha value is -2.23. The van der Waals surface area contributed by atoms with Crippen LogP contribution in [-0.2, 0) is 12.6 Å². The Morgan fingerprint density at radius 2 is 1.97 bits per heavy atom. The first-order valence-electron chi connectivity index (χ1n) is 11.1. The van der Waals surface area contributed by atoms with E-state index in [0.717, 1.165) is 35.4 Å². The van der Waals surface area contributed by atoms with Gasteiger partial charge in [0.2, 0.25) is 0 Å². The van der Waals surface area contributed by atoms with Crippen LogP contribution >= 0.6 is 0 Å². The summed E-state index contributed by atoms with van der Waals surface area (Å²) < 4.78 is 14.0. The number of para-hydroxylation sites is 1. The minimum absolute atomic E-state index is 0. The third-order valence-electron chi connectivity index (χ3n) is 6.06. The Morgan fingerprint density at radius 3 is 2.70 bits per heavy atom. The van der Waals surface area contributed by atoms with Crippen molar-refractivity contribution in [2.75, 3.05) is 19.7 Å². The van der Waals surface area contributed by atoms with Gasteiger partial charge >= 0.3 is 31.1 Å². The van der Waals surface area contributed by atoms with E-state index in [9.17, 15) is 4.79 Å². The number of aromatic nitrogens is 2. The van der Waals surface area contributed by atoms with E-state index in [4.69, 9.17) is 9.47 Å². The zero-order valence-electron chi connectivity index (χ0n) is 19.4. The normalized spacial score (nSPS) is 15.2. The summed E-state index contributed by atoms with van der Waals surface area (Å²) in [5.74, 6) is 1.56. The molecule has 0 radical (unpaired) electrons. The topological polar surface area (TPSA) is 56.6 Å². The summed E-state index contributed by atoms with van der Waals surface area (Å²) >= 11 is 0. The van der Waals surface area contributed by atoms with Crippen LogP contribution in [0.2, 0.25) is 0 Å². The van der Waals surface area contributed by atoms with Gasteiger partial charge in [0, 0.05) is 49.9 Å². The van der Waals surface area contributed by atoms with Gasteiger partial charge in [0.05, 0.1) is 18.5 Å². The fourth-order valence-corrected chi connectivity index (χ4v) is 4.56. The molecular weight excluding hydrogens is 640 g/mol. The Morgan fingerprint density at radius 1 is 1.24 bits per heavy atom. The molecule has 6 nitrogen and oxygen atoms in total. The monoisotopic (exact) mass is 669 g/mol. The number of piperidine rings is 1. The molecule has 2 aromatic carbocycles. The Balaban J connectivity index is 0.000000994. The van der Waals surface area contributed by atoms with Crippen molar-refractivity contribution in [2.24, 2.45) is 7.05 Å². The van der Waals surface area contributed by atoms with Gasteiger partial charge in [0.1, 0.15) is 11.4 Å². The molecule has 5 rings (SSSR count). The standard InChI is InChI=1S/C24H24N3O3.C2H5.U/c1-3-29-18-8-6-7-17(15-18)23(28)27-13-11-24(12-14-27)20-16-25-26(2)22(20)19-9-4-5-10-21(19)30-24;1-2;/h4-5,7-10,15-16H,3,11-14H2,1-2H3;1H2,2H3;/q2*-1;+2. The van der Waals surface area contributed by atoms with Gasteiger partial charge in [-0.2, -0.15) is 24.2 Å². The van der Waals surface area contributed by atoms with E-state index < -0.39 is 5.60 Å². The third kappa shape index (κ3) is 4.72. The van der Waals surface area contributed by atoms with Crippen LogP contribution < -0.4 is 9.47 Å². The van der Waals surface area contributed by atoms with Crippen molar-refractivity contribution in [1.29, 1.82) is 0 Å². The molecule has 0 N–H and O–H groups in total. The first kappa shape index (κ1) is 25.4. The summed E-state index contributed by atoms with van der Waals surface area (Å²) in [6.07, 6.45) is 3.37. The Bertz CT molecular complexity index is 1100. The number of nitrogens with zero attached hydrogens (tertiary/aromatic N) is 3. The average molecular weight is 670 g/mol. The second-order valence-corrected chi connectivity index (χ2v) is 7.81. The van der Waals surface area contributed by atoms with Crippen LogP contribution in [-0.4, -0.2) is 40.3 Å². The maximum absolute atomic E-state index is 13.1. The SMILES string of the molecule is CCOc1c[c-]cc(C(=O)N2CCC3(CC2)Oc2ccccc2-c2c3cnn2C)c1.[CH2-]C.[U+2]. The second-order valence-electron chi connectivity index (χ2n) is 7.81. The molecule has 3 aromatic rings. The van der Waals surface area contributed by atoms with E-state index >= 15 is 0 Å². The van der Waals surface area contributed by atoms with Gasteiger partial charge in [-0.25, -0.2) is 0 Å². The van der Waals surface area contributed by atoms with Crippen molar-refractivity contribution >= 4 is 5.91 Å². The molecule has 2 aliphatic rings. The fourth-order valence-electron chi connectivity index (χ4n) is 4.56. The summed E-state index contributed by atoms with van der Waals surface area (Å²) in [7, 11) is 1.97. The quantitative estimate of drug-likeness (QED) is 0.382. The van der Waals surface area contributed by atoms with Crippen LogP contribution in [0.1, 0.15) is 42.6 Å². The molecular formula is C26H29N3O3U. The van der Waals surface area contributed by atoms with Crippen molar-refractivity contribution in [1.82, 2.24) is 14.7 Å². The zero-order chi connectivity index (χ0) is 22.7. The van der Waals surface area contributed by atoms with E-state index in [0.29, 0.717) is 31.0 Å². The molecule has 1 fully saturated rings. The second kappa shape index (κ2) is 10.8. The summed E-state index contributed by atoms with van der Waals surface area (Å²) in [5.41, 5.74) is 3.44. The average Bonchev–Trinajstić information content (AvgIpc) is 3.24. The van der Waals surface area contributed by atoms with Crippen LogP contribution in [0, 0.1) is 44.1 Å². The predicted molar refractivity (Wildman–Crippen MR) is 124 cm³/mol. The molecule has 1 aromatic heterocycles. The molecule has 0 aliphatic carbocycles. The molecule has 33 heavy (non-hydrogen) atoms. The summed E-state index contributed by atoms with van der Waals surface area (Å²) in [6, 6.07) is 16.4. The van der Waals surface area contributed by atoms with Gasteiger partial charge < -0.3 is 21.3 Å². The van der Waals surface area contributed by atoms with Crippen LogP contribution in [0.25, 0.3) is 11.3 Å². The number of aryl methyl sites for hydroxylation is 1. The van der Waals surface area contributed by atoms with Crippen molar-refractivity contribution < 1.29 is 45.4 Å². The number of fused-ring (bicyclic) bond motifs is 4. The molecule has 7 heteroatoms. The summed E-state index contributed by atoms with van der Waals surface area (Å²) in [6.45, 7) is 8.72. The number of likely N-dealkylation sites (tertiary alicyclic amines) is 1. The third-order valence-corrected chi connectivity index (χ3v) is 6.06. The van der Waals surface area contributed by atoms with Gasteiger partial charge in [-0.05, 0) is 19.1 Å². The number of carbonyl (C=O) groups excluding carboxylic acids is 1. The van der Waals surface area contributed by atoms with Crippen LogP contribution in [0.5, 0.6) is 11.5 Å². The first-order valence-corrected chi connectivity index (χ1v) is 11.1. The molecule has 2 aliphatic heterocycles. The molecule has 0 atom stereocenters. The first-order chi connectivity index (χ1) is 15.6. The Labute approximate surface area is 219 Å². The number of benzene rings is 2. The molecule has 170 valence electrons. The minimum Gasteiger partial charge on any atom is -0.551 e. The van der Waals surface area contributed by atoms with Crippen molar-refractivity contribution in [3.63, 3.8) is 0 Å².